The van der Waals surface area contributed by atoms with E-state index >= 15 is 0 Å². The minimum absolute atomic E-state index is 0.232. The first-order valence-electron chi connectivity index (χ1n) is 7.82. The molecule has 22 heavy (non-hydrogen) atoms. The Labute approximate surface area is 132 Å². The Balaban J connectivity index is 2.15. The molecule has 4 N–H and O–H groups in total. The first-order chi connectivity index (χ1) is 10.1. The smallest absolute Gasteiger partial charge is 0.423 e. The van der Waals surface area contributed by atoms with Crippen LogP contribution in [0.4, 0.5) is 5.82 Å². The lowest BCUT2D eigenvalue weighted by Crippen LogP contribution is -2.53. The Hall–Kier alpha value is -1.18. The van der Waals surface area contributed by atoms with Crippen LogP contribution in [0.1, 0.15) is 65.1 Å². The number of anilines is 1. The number of hydrogen-bond acceptors (Lipinski definition) is 6. The first kappa shape index (κ1) is 17.2. The van der Waals surface area contributed by atoms with E-state index in [0.29, 0.717) is 11.4 Å². The maximum absolute atomic E-state index is 10.3. The average molecular weight is 307 g/mol. The van der Waals surface area contributed by atoms with Crippen LogP contribution in [0.5, 0.6) is 0 Å². The molecule has 0 aliphatic heterocycles. The molecule has 1 saturated carbocycles. The van der Waals surface area contributed by atoms with Gasteiger partial charge in [0.15, 0.2) is 0 Å². The molecule has 1 heterocycles. The van der Waals surface area contributed by atoms with E-state index in [1.807, 2.05) is 0 Å². The predicted octanol–water partition coefficient (Wildman–Crippen LogP) is 0.970. The van der Waals surface area contributed by atoms with Gasteiger partial charge in [-0.05, 0) is 40.5 Å². The van der Waals surface area contributed by atoms with Crippen molar-refractivity contribution < 1.29 is 14.8 Å². The number of hydrogen-bond donors (Lipinski definition) is 3. The average Bonchev–Trinajstić information content (AvgIpc) is 2.90. The summed E-state index contributed by atoms with van der Waals surface area (Å²) in [5.41, 5.74) is 4.22. The fraction of sp³-hybridized carbons (Fsp3) is 0.733. The molecule has 0 spiro atoms. The zero-order valence-electron chi connectivity index (χ0n) is 13.8. The maximum atomic E-state index is 10.3. The summed E-state index contributed by atoms with van der Waals surface area (Å²) < 4.78 is 5.58. The van der Waals surface area contributed by atoms with E-state index in [2.05, 4.69) is 9.97 Å². The largest absolute Gasteiger partial charge is 0.497 e. The molecular weight excluding hydrogens is 281 g/mol. The normalized spacial score (nSPS) is 17.0. The van der Waals surface area contributed by atoms with Gasteiger partial charge in [-0.15, -0.1) is 0 Å². The third kappa shape index (κ3) is 3.59. The highest BCUT2D eigenvalue weighted by molar-refractivity contribution is 6.61. The highest BCUT2D eigenvalue weighted by Crippen LogP contribution is 2.32. The Morgan fingerprint density at radius 1 is 1.27 bits per heavy atom. The van der Waals surface area contributed by atoms with Crippen molar-refractivity contribution in [3.05, 3.63) is 12.0 Å². The molecule has 0 bridgehead atoms. The minimum atomic E-state index is -1.28. The molecule has 0 radical (unpaired) electrons. The first-order valence-corrected chi connectivity index (χ1v) is 7.82. The molecular formula is C15H26BN3O3. The highest BCUT2D eigenvalue weighted by atomic mass is 16.5. The number of nitrogens with two attached hydrogens (primary N) is 1. The second kappa shape index (κ2) is 6.14. The minimum Gasteiger partial charge on any atom is -0.423 e. The van der Waals surface area contributed by atoms with E-state index in [0.717, 1.165) is 18.7 Å². The Morgan fingerprint density at radius 2 is 1.86 bits per heavy atom. The van der Waals surface area contributed by atoms with E-state index in [1.54, 1.807) is 27.7 Å². The van der Waals surface area contributed by atoms with Gasteiger partial charge in [0.05, 0.1) is 11.2 Å². The highest BCUT2D eigenvalue weighted by Gasteiger charge is 2.40. The summed E-state index contributed by atoms with van der Waals surface area (Å²) in [4.78, 5) is 8.67. The third-order valence-corrected chi connectivity index (χ3v) is 4.73. The van der Waals surface area contributed by atoms with Gasteiger partial charge in [-0.3, -0.25) is 0 Å². The standard InChI is InChI=1S/C15H26BN3O3/c1-14(2,20)15(3,4)22-16(21)11-9-18-13(19-12(11)17)10-7-5-6-8-10/h9-10,20-21H,5-8H2,1-4H3,(H2,17,18,19). The van der Waals surface area contributed by atoms with Crippen LogP contribution in [0.2, 0.25) is 0 Å². The Morgan fingerprint density at radius 3 is 2.36 bits per heavy atom. The second-order valence-electron chi connectivity index (χ2n) is 7.09. The van der Waals surface area contributed by atoms with Crippen LogP contribution in [0, 0.1) is 0 Å². The summed E-state index contributed by atoms with van der Waals surface area (Å²) in [6.07, 6.45) is 6.09. The van der Waals surface area contributed by atoms with Crippen LogP contribution in [-0.4, -0.2) is 38.4 Å². The summed E-state index contributed by atoms with van der Waals surface area (Å²) in [5, 5.41) is 20.4. The van der Waals surface area contributed by atoms with Gasteiger partial charge in [-0.25, -0.2) is 9.97 Å². The fourth-order valence-electron chi connectivity index (χ4n) is 2.48. The summed E-state index contributed by atoms with van der Waals surface area (Å²) in [6.45, 7) is 6.67. The zero-order chi connectivity index (χ0) is 16.5. The summed E-state index contributed by atoms with van der Waals surface area (Å²) in [5.74, 6) is 1.34. The van der Waals surface area contributed by atoms with E-state index in [9.17, 15) is 10.1 Å². The Bertz CT molecular complexity index is 525. The van der Waals surface area contributed by atoms with Crippen LogP contribution in [0.3, 0.4) is 0 Å². The summed E-state index contributed by atoms with van der Waals surface area (Å²) in [6, 6.07) is 0. The van der Waals surface area contributed by atoms with Crippen LogP contribution < -0.4 is 11.2 Å². The van der Waals surface area contributed by atoms with Gasteiger partial charge in [-0.1, -0.05) is 12.8 Å². The van der Waals surface area contributed by atoms with Gasteiger partial charge in [0, 0.05) is 17.6 Å². The van der Waals surface area contributed by atoms with Gasteiger partial charge < -0.3 is 20.5 Å². The molecule has 7 heteroatoms. The molecule has 0 amide bonds. The fourth-order valence-corrected chi connectivity index (χ4v) is 2.48. The topological polar surface area (TPSA) is 101 Å². The molecule has 1 aliphatic carbocycles. The molecule has 1 fully saturated rings. The molecule has 0 unspecified atom stereocenters. The van der Waals surface area contributed by atoms with Crippen molar-refractivity contribution in [1.82, 2.24) is 9.97 Å². The maximum Gasteiger partial charge on any atom is 0.497 e. The summed E-state index contributed by atoms with van der Waals surface area (Å²) >= 11 is 0. The van der Waals surface area contributed by atoms with Crippen molar-refractivity contribution >= 4 is 18.4 Å². The lowest BCUT2D eigenvalue weighted by Gasteiger charge is -2.38. The van der Waals surface area contributed by atoms with Crippen molar-refractivity contribution in [3.63, 3.8) is 0 Å². The van der Waals surface area contributed by atoms with Gasteiger partial charge in [0.2, 0.25) is 0 Å². The third-order valence-electron chi connectivity index (χ3n) is 4.73. The molecule has 0 aromatic carbocycles. The molecule has 6 nitrogen and oxygen atoms in total. The number of aliphatic hydroxyl groups is 1. The lowest BCUT2D eigenvalue weighted by molar-refractivity contribution is -0.0982. The Kier molecular flexibility index (Phi) is 4.80. The van der Waals surface area contributed by atoms with Gasteiger partial charge in [0.25, 0.3) is 0 Å². The van der Waals surface area contributed by atoms with Crippen molar-refractivity contribution in [3.8, 4) is 0 Å². The molecule has 1 aromatic heterocycles. The van der Waals surface area contributed by atoms with E-state index < -0.39 is 18.3 Å². The number of nitrogen functional groups attached to an aromatic ring is 1. The van der Waals surface area contributed by atoms with Crippen LogP contribution in [0.25, 0.3) is 0 Å². The summed E-state index contributed by atoms with van der Waals surface area (Å²) in [7, 11) is -1.28. The van der Waals surface area contributed by atoms with E-state index in [-0.39, 0.29) is 5.82 Å². The van der Waals surface area contributed by atoms with E-state index in [4.69, 9.17) is 10.4 Å². The lowest BCUT2D eigenvalue weighted by atomic mass is 9.77. The molecule has 122 valence electrons. The molecule has 1 aliphatic rings. The molecule has 1 aromatic rings. The van der Waals surface area contributed by atoms with Gasteiger partial charge in [0.1, 0.15) is 11.6 Å². The molecule has 2 rings (SSSR count). The number of nitrogens with zero attached hydrogens (tertiary/aromatic N) is 2. The van der Waals surface area contributed by atoms with Crippen molar-refractivity contribution in [2.75, 3.05) is 5.73 Å². The predicted molar refractivity (Wildman–Crippen MR) is 86.7 cm³/mol. The van der Waals surface area contributed by atoms with Crippen molar-refractivity contribution in [1.29, 1.82) is 0 Å². The number of rotatable bonds is 5. The van der Waals surface area contributed by atoms with Crippen LogP contribution in [-0.2, 0) is 4.65 Å². The number of aromatic nitrogens is 2. The van der Waals surface area contributed by atoms with E-state index in [1.165, 1.54) is 19.0 Å². The monoisotopic (exact) mass is 307 g/mol. The van der Waals surface area contributed by atoms with Crippen LogP contribution >= 0.6 is 0 Å². The second-order valence-corrected chi connectivity index (χ2v) is 7.09. The zero-order valence-corrected chi connectivity index (χ0v) is 13.8. The molecule has 0 atom stereocenters. The van der Waals surface area contributed by atoms with Crippen LogP contribution in [0.15, 0.2) is 6.20 Å². The van der Waals surface area contributed by atoms with Crippen molar-refractivity contribution in [2.45, 2.75) is 70.5 Å². The quantitative estimate of drug-likeness (QED) is 0.701. The van der Waals surface area contributed by atoms with Gasteiger partial charge in [-0.2, -0.15) is 0 Å². The molecule has 0 saturated heterocycles. The van der Waals surface area contributed by atoms with Gasteiger partial charge >= 0.3 is 7.12 Å². The van der Waals surface area contributed by atoms with Crippen molar-refractivity contribution in [2.24, 2.45) is 0 Å². The SMILES string of the molecule is CC(C)(O)C(C)(C)OB(O)c1cnc(C2CCCC2)nc1N.